The first-order valence-corrected chi connectivity index (χ1v) is 4.73. The molecule has 1 saturated heterocycles. The Morgan fingerprint density at radius 2 is 2.36 bits per heavy atom. The van der Waals surface area contributed by atoms with Crippen LogP contribution in [0.1, 0.15) is 19.8 Å². The number of nitrogens with zero attached hydrogens (tertiary/aromatic N) is 1. The predicted molar refractivity (Wildman–Crippen MR) is 48.6 cm³/mol. The summed E-state index contributed by atoms with van der Waals surface area (Å²) in [6.45, 7) is 2.04. The summed E-state index contributed by atoms with van der Waals surface area (Å²) in [5, 5.41) is 17.7. The second kappa shape index (κ2) is 4.41. The minimum absolute atomic E-state index is 0.0572. The van der Waals surface area contributed by atoms with E-state index >= 15 is 0 Å². The summed E-state index contributed by atoms with van der Waals surface area (Å²) in [5.74, 6) is -1.24. The lowest BCUT2D eigenvalue weighted by Gasteiger charge is -2.23. The van der Waals surface area contributed by atoms with Gasteiger partial charge in [0, 0.05) is 25.5 Å². The van der Waals surface area contributed by atoms with Crippen LogP contribution in [0.5, 0.6) is 0 Å². The molecule has 0 aliphatic carbocycles. The number of carboxylic acid groups (broad SMARTS) is 1. The smallest absolute Gasteiger partial charge is 0.326 e. The molecule has 1 unspecified atom stereocenters. The summed E-state index contributed by atoms with van der Waals surface area (Å²) in [6.07, 6.45) is 0.666. The molecule has 2 atom stereocenters. The van der Waals surface area contributed by atoms with Gasteiger partial charge < -0.3 is 15.1 Å². The van der Waals surface area contributed by atoms with Crippen molar-refractivity contribution in [2.24, 2.45) is 5.92 Å². The monoisotopic (exact) mass is 201 g/mol. The predicted octanol–water partition coefficient (Wildman–Crippen LogP) is -0.310. The van der Waals surface area contributed by atoms with Crippen molar-refractivity contribution >= 4 is 11.9 Å². The van der Waals surface area contributed by atoms with Crippen LogP contribution in [0.25, 0.3) is 0 Å². The quantitative estimate of drug-likeness (QED) is 0.654. The van der Waals surface area contributed by atoms with Gasteiger partial charge in [-0.15, -0.1) is 0 Å². The Morgan fingerprint density at radius 1 is 1.71 bits per heavy atom. The van der Waals surface area contributed by atoms with E-state index in [9.17, 15) is 9.59 Å². The molecule has 0 aromatic rings. The highest BCUT2D eigenvalue weighted by molar-refractivity contribution is 5.85. The Labute approximate surface area is 82.3 Å². The highest BCUT2D eigenvalue weighted by Crippen LogP contribution is 2.20. The maximum Gasteiger partial charge on any atom is 0.326 e. The lowest BCUT2D eigenvalue weighted by Crippen LogP contribution is -2.41. The van der Waals surface area contributed by atoms with Gasteiger partial charge in [-0.2, -0.15) is 0 Å². The fourth-order valence-corrected chi connectivity index (χ4v) is 1.76. The largest absolute Gasteiger partial charge is 0.480 e. The zero-order chi connectivity index (χ0) is 10.7. The average Bonchev–Trinajstić information content (AvgIpc) is 2.48. The van der Waals surface area contributed by atoms with E-state index in [1.54, 1.807) is 6.92 Å². The van der Waals surface area contributed by atoms with Gasteiger partial charge in [0.1, 0.15) is 6.04 Å². The summed E-state index contributed by atoms with van der Waals surface area (Å²) in [7, 11) is 0. The molecule has 14 heavy (non-hydrogen) atoms. The molecular weight excluding hydrogens is 186 g/mol. The van der Waals surface area contributed by atoms with Crippen LogP contribution < -0.4 is 0 Å². The van der Waals surface area contributed by atoms with Gasteiger partial charge in [0.05, 0.1) is 0 Å². The van der Waals surface area contributed by atoms with E-state index in [0.29, 0.717) is 13.0 Å². The Balaban J connectivity index is 2.68. The topological polar surface area (TPSA) is 77.8 Å². The molecular formula is C9H15NO4. The van der Waals surface area contributed by atoms with Crippen LogP contribution in [0.2, 0.25) is 0 Å². The van der Waals surface area contributed by atoms with Gasteiger partial charge in [-0.25, -0.2) is 4.79 Å². The van der Waals surface area contributed by atoms with E-state index in [-0.39, 0.29) is 24.9 Å². The second-order valence-corrected chi connectivity index (χ2v) is 3.56. The van der Waals surface area contributed by atoms with Crippen molar-refractivity contribution in [3.8, 4) is 0 Å². The molecule has 1 heterocycles. The molecule has 0 bridgehead atoms. The van der Waals surface area contributed by atoms with Crippen molar-refractivity contribution in [2.75, 3.05) is 13.2 Å². The number of hydrogen-bond acceptors (Lipinski definition) is 3. The molecule has 0 spiro atoms. The third-order valence-electron chi connectivity index (χ3n) is 2.54. The highest BCUT2D eigenvalue weighted by Gasteiger charge is 2.36. The van der Waals surface area contributed by atoms with E-state index in [4.69, 9.17) is 10.2 Å². The number of aliphatic carboxylic acids is 1. The summed E-state index contributed by atoms with van der Waals surface area (Å²) in [6, 6.07) is -0.737. The average molecular weight is 201 g/mol. The number of carbonyl (C=O) groups is 2. The molecule has 1 aliphatic heterocycles. The fourth-order valence-electron chi connectivity index (χ4n) is 1.76. The fraction of sp³-hybridized carbons (Fsp3) is 0.778. The third kappa shape index (κ3) is 2.04. The minimum atomic E-state index is -0.973. The highest BCUT2D eigenvalue weighted by atomic mass is 16.4. The number of aliphatic hydroxyl groups is 1. The van der Waals surface area contributed by atoms with E-state index in [1.807, 2.05) is 0 Å². The Bertz CT molecular complexity index is 241. The van der Waals surface area contributed by atoms with Crippen molar-refractivity contribution in [3.05, 3.63) is 0 Å². The first-order valence-electron chi connectivity index (χ1n) is 4.73. The molecule has 1 fully saturated rings. The number of amides is 1. The van der Waals surface area contributed by atoms with Gasteiger partial charge in [-0.05, 0) is 6.42 Å². The molecule has 2 N–H and O–H groups in total. The van der Waals surface area contributed by atoms with E-state index < -0.39 is 12.0 Å². The molecule has 5 heteroatoms. The van der Waals surface area contributed by atoms with E-state index in [2.05, 4.69) is 0 Å². The molecule has 80 valence electrons. The van der Waals surface area contributed by atoms with Gasteiger partial charge in [0.25, 0.3) is 0 Å². The van der Waals surface area contributed by atoms with Crippen molar-refractivity contribution in [1.82, 2.24) is 4.90 Å². The van der Waals surface area contributed by atoms with Crippen LogP contribution >= 0.6 is 0 Å². The number of hydrogen-bond donors (Lipinski definition) is 2. The van der Waals surface area contributed by atoms with Gasteiger partial charge in [-0.3, -0.25) is 4.79 Å². The maximum atomic E-state index is 11.4. The minimum Gasteiger partial charge on any atom is -0.480 e. The number of carbonyl (C=O) groups excluding carboxylic acids is 1. The normalized spacial score (nSPS) is 24.0. The molecule has 0 aromatic carbocycles. The lowest BCUT2D eigenvalue weighted by atomic mass is 10.1. The lowest BCUT2D eigenvalue weighted by molar-refractivity contribution is -0.148. The molecule has 1 amide bonds. The van der Waals surface area contributed by atoms with Gasteiger partial charge in [0.15, 0.2) is 0 Å². The van der Waals surface area contributed by atoms with Crippen molar-refractivity contribution in [2.45, 2.75) is 25.8 Å². The number of carboxylic acids is 1. The molecule has 0 radical (unpaired) electrons. The zero-order valence-electron chi connectivity index (χ0n) is 8.14. The summed E-state index contributed by atoms with van der Waals surface area (Å²) in [4.78, 5) is 23.6. The van der Waals surface area contributed by atoms with Gasteiger partial charge in [-0.1, -0.05) is 6.92 Å². The SMILES string of the molecule is CC[C@@H](C(=O)O)N1CC(CO)CC1=O. The molecule has 1 rings (SSSR count). The van der Waals surface area contributed by atoms with E-state index in [1.165, 1.54) is 4.90 Å². The van der Waals surface area contributed by atoms with Crippen LogP contribution in [0.15, 0.2) is 0 Å². The van der Waals surface area contributed by atoms with Crippen LogP contribution in [0, 0.1) is 5.92 Å². The number of likely N-dealkylation sites (tertiary alicyclic amines) is 1. The van der Waals surface area contributed by atoms with Crippen LogP contribution in [-0.2, 0) is 9.59 Å². The Morgan fingerprint density at radius 3 is 2.71 bits per heavy atom. The maximum absolute atomic E-state index is 11.4. The molecule has 0 saturated carbocycles. The Kier molecular flexibility index (Phi) is 3.46. The van der Waals surface area contributed by atoms with Crippen LogP contribution in [-0.4, -0.2) is 46.2 Å². The molecule has 1 aliphatic rings. The molecule has 5 nitrogen and oxygen atoms in total. The zero-order valence-corrected chi connectivity index (χ0v) is 8.14. The molecule has 0 aromatic heterocycles. The van der Waals surface area contributed by atoms with Crippen molar-refractivity contribution < 1.29 is 19.8 Å². The van der Waals surface area contributed by atoms with Crippen molar-refractivity contribution in [3.63, 3.8) is 0 Å². The van der Waals surface area contributed by atoms with Crippen LogP contribution in [0.4, 0.5) is 0 Å². The summed E-state index contributed by atoms with van der Waals surface area (Å²) in [5.41, 5.74) is 0. The third-order valence-corrected chi connectivity index (χ3v) is 2.54. The second-order valence-electron chi connectivity index (χ2n) is 3.56. The summed E-state index contributed by atoms with van der Waals surface area (Å²) < 4.78 is 0. The Hall–Kier alpha value is -1.10. The number of rotatable bonds is 4. The van der Waals surface area contributed by atoms with Gasteiger partial charge in [0.2, 0.25) is 5.91 Å². The first-order chi connectivity index (χ1) is 6.60. The standard InChI is InChI=1S/C9H15NO4/c1-2-7(9(13)14)10-4-6(5-11)3-8(10)12/h6-7,11H,2-5H2,1H3,(H,13,14)/t6?,7-/m0/s1. The summed E-state index contributed by atoms with van der Waals surface area (Å²) >= 11 is 0. The first kappa shape index (κ1) is 11.0. The van der Waals surface area contributed by atoms with Crippen LogP contribution in [0.3, 0.4) is 0 Å². The van der Waals surface area contributed by atoms with Gasteiger partial charge >= 0.3 is 5.97 Å². The van der Waals surface area contributed by atoms with E-state index in [0.717, 1.165) is 0 Å². The van der Waals surface area contributed by atoms with Crippen molar-refractivity contribution in [1.29, 1.82) is 0 Å². The number of aliphatic hydroxyl groups excluding tert-OH is 1.